The van der Waals surface area contributed by atoms with E-state index in [2.05, 4.69) is 56.6 Å². The van der Waals surface area contributed by atoms with Crippen LogP contribution in [-0.4, -0.2) is 38.5 Å². The van der Waals surface area contributed by atoms with E-state index in [1.807, 2.05) is 6.08 Å². The molecule has 0 amide bonds. The van der Waals surface area contributed by atoms with Gasteiger partial charge in [0.25, 0.3) is 0 Å². The van der Waals surface area contributed by atoms with Crippen molar-refractivity contribution in [3.63, 3.8) is 0 Å². The van der Waals surface area contributed by atoms with Gasteiger partial charge in [-0.1, -0.05) is 54.6 Å². The summed E-state index contributed by atoms with van der Waals surface area (Å²) in [5.74, 6) is 1.93. The molecule has 1 aliphatic rings. The van der Waals surface area contributed by atoms with Crippen molar-refractivity contribution in [2.24, 2.45) is 0 Å². The Labute approximate surface area is 142 Å². The number of nitrogens with zero attached hydrogens (tertiary/aromatic N) is 4. The van der Waals surface area contributed by atoms with Crippen molar-refractivity contribution in [3.8, 4) is 0 Å². The Morgan fingerprint density at radius 3 is 2.57 bits per heavy atom. The molecule has 122 valence electrons. The summed E-state index contributed by atoms with van der Waals surface area (Å²) in [5, 5.41) is 9.88. The number of hydrogen-bond acceptors (Lipinski definition) is 4. The molecular weight excluding hydrogens is 304 g/mol. The molecule has 1 aliphatic heterocycles. The molecule has 1 fully saturated rings. The van der Waals surface area contributed by atoms with Gasteiger partial charge in [-0.3, -0.25) is 4.90 Å². The van der Waals surface area contributed by atoms with Crippen molar-refractivity contribution in [1.29, 1.82) is 0 Å². The zero-order chi connectivity index (χ0) is 15.9. The van der Waals surface area contributed by atoms with Crippen LogP contribution in [0.2, 0.25) is 0 Å². The molecule has 1 aromatic carbocycles. The van der Waals surface area contributed by atoms with Gasteiger partial charge in [0.05, 0.1) is 13.1 Å². The normalized spacial score (nSPS) is 15.7. The van der Waals surface area contributed by atoms with E-state index < -0.39 is 0 Å². The highest BCUT2D eigenvalue weighted by Crippen LogP contribution is 2.20. The third-order valence-electron chi connectivity index (χ3n) is 4.12. The van der Waals surface area contributed by atoms with Crippen LogP contribution in [0.3, 0.4) is 0 Å². The number of hydrogen-bond donors (Lipinski definition) is 0. The van der Waals surface area contributed by atoms with E-state index in [4.69, 9.17) is 0 Å². The lowest BCUT2D eigenvalue weighted by Gasteiger charge is -2.26. The molecule has 0 aliphatic carbocycles. The second kappa shape index (κ2) is 8.31. The average molecular weight is 328 g/mol. The first-order valence-corrected chi connectivity index (χ1v) is 9.27. The Morgan fingerprint density at radius 2 is 1.83 bits per heavy atom. The van der Waals surface area contributed by atoms with E-state index in [1.54, 1.807) is 11.8 Å². The molecule has 0 unspecified atom stereocenters. The zero-order valence-electron chi connectivity index (χ0n) is 13.5. The third-order valence-corrected chi connectivity index (χ3v) is 5.08. The van der Waals surface area contributed by atoms with E-state index in [-0.39, 0.29) is 0 Å². The van der Waals surface area contributed by atoms with Crippen LogP contribution in [-0.2, 0) is 13.1 Å². The number of benzene rings is 1. The highest BCUT2D eigenvalue weighted by Gasteiger charge is 2.17. The van der Waals surface area contributed by atoms with E-state index in [9.17, 15) is 0 Å². The molecule has 0 N–H and O–H groups in total. The summed E-state index contributed by atoms with van der Waals surface area (Å²) in [6, 6.07) is 10.5. The second-order valence-corrected chi connectivity index (χ2v) is 6.89. The van der Waals surface area contributed by atoms with Crippen LogP contribution < -0.4 is 0 Å². The lowest BCUT2D eigenvalue weighted by molar-refractivity contribution is 0.213. The first-order valence-electron chi connectivity index (χ1n) is 8.29. The second-order valence-electron chi connectivity index (χ2n) is 5.91. The fraction of sp³-hybridized carbons (Fsp3) is 0.444. The van der Waals surface area contributed by atoms with Gasteiger partial charge < -0.3 is 4.57 Å². The third kappa shape index (κ3) is 4.45. The number of aromatic nitrogens is 3. The Morgan fingerprint density at radius 1 is 1.04 bits per heavy atom. The standard InChI is InChI=1S/C18H24N4S/c1-2-13-23-18-20-19-17(15-21-11-7-4-8-12-21)22(18)14-16-9-5-3-6-10-16/h2-3,5-6,9-10H,1,4,7-8,11-15H2. The van der Waals surface area contributed by atoms with E-state index in [0.717, 1.165) is 29.8 Å². The summed E-state index contributed by atoms with van der Waals surface area (Å²) in [4.78, 5) is 2.50. The lowest BCUT2D eigenvalue weighted by atomic mass is 10.1. The largest absolute Gasteiger partial charge is 0.300 e. The van der Waals surface area contributed by atoms with Crippen LogP contribution >= 0.6 is 11.8 Å². The van der Waals surface area contributed by atoms with Crippen molar-refractivity contribution in [2.45, 2.75) is 37.5 Å². The highest BCUT2D eigenvalue weighted by molar-refractivity contribution is 7.99. The van der Waals surface area contributed by atoms with Crippen molar-refractivity contribution >= 4 is 11.8 Å². The maximum absolute atomic E-state index is 4.48. The van der Waals surface area contributed by atoms with Crippen LogP contribution in [0.25, 0.3) is 0 Å². The molecule has 4 nitrogen and oxygen atoms in total. The fourth-order valence-corrected chi connectivity index (χ4v) is 3.61. The van der Waals surface area contributed by atoms with Crippen LogP contribution in [0.5, 0.6) is 0 Å². The first-order chi connectivity index (χ1) is 11.4. The first kappa shape index (κ1) is 16.3. The topological polar surface area (TPSA) is 34.0 Å². The van der Waals surface area contributed by atoms with Crippen molar-refractivity contribution in [3.05, 3.63) is 54.4 Å². The van der Waals surface area contributed by atoms with Crippen LogP contribution in [0.1, 0.15) is 30.7 Å². The molecule has 3 rings (SSSR count). The molecule has 1 aromatic heterocycles. The summed E-state index contributed by atoms with van der Waals surface area (Å²) in [6.45, 7) is 7.88. The van der Waals surface area contributed by atoms with Gasteiger partial charge in [-0.25, -0.2) is 0 Å². The smallest absolute Gasteiger partial charge is 0.191 e. The molecule has 0 saturated carbocycles. The van der Waals surface area contributed by atoms with Crippen molar-refractivity contribution in [1.82, 2.24) is 19.7 Å². The quantitative estimate of drug-likeness (QED) is 0.574. The average Bonchev–Trinajstić information content (AvgIpc) is 2.96. The Bertz CT molecular complexity index is 617. The molecule has 0 bridgehead atoms. The zero-order valence-corrected chi connectivity index (χ0v) is 14.3. The van der Waals surface area contributed by atoms with Crippen molar-refractivity contribution < 1.29 is 0 Å². The number of piperidine rings is 1. The minimum absolute atomic E-state index is 0.830. The van der Waals surface area contributed by atoms with Gasteiger partial charge in [0.15, 0.2) is 5.16 Å². The molecule has 0 atom stereocenters. The Hall–Kier alpha value is -1.59. The molecule has 5 heteroatoms. The van der Waals surface area contributed by atoms with E-state index in [0.29, 0.717) is 0 Å². The van der Waals surface area contributed by atoms with Gasteiger partial charge in [0, 0.05) is 5.75 Å². The number of rotatable bonds is 7. The van der Waals surface area contributed by atoms with Crippen LogP contribution in [0, 0.1) is 0 Å². The summed E-state index contributed by atoms with van der Waals surface area (Å²) in [5.41, 5.74) is 1.28. The minimum atomic E-state index is 0.830. The monoisotopic (exact) mass is 328 g/mol. The summed E-state index contributed by atoms with van der Waals surface area (Å²) in [6.07, 6.45) is 5.86. The maximum Gasteiger partial charge on any atom is 0.191 e. The molecule has 1 saturated heterocycles. The van der Waals surface area contributed by atoms with Crippen molar-refractivity contribution in [2.75, 3.05) is 18.8 Å². The number of likely N-dealkylation sites (tertiary alicyclic amines) is 1. The van der Waals surface area contributed by atoms with Gasteiger partial charge in [-0.05, 0) is 31.5 Å². The Balaban J connectivity index is 1.79. The van der Waals surface area contributed by atoms with E-state index in [1.165, 1.54) is 37.9 Å². The molecule has 0 spiro atoms. The fourth-order valence-electron chi connectivity index (χ4n) is 2.92. The molecule has 2 aromatic rings. The van der Waals surface area contributed by atoms with Gasteiger partial charge in [0.1, 0.15) is 5.82 Å². The van der Waals surface area contributed by atoms with E-state index >= 15 is 0 Å². The number of thioether (sulfide) groups is 1. The molecular formula is C18H24N4S. The van der Waals surface area contributed by atoms with Gasteiger partial charge in [0.2, 0.25) is 0 Å². The minimum Gasteiger partial charge on any atom is -0.300 e. The van der Waals surface area contributed by atoms with Gasteiger partial charge in [-0.2, -0.15) is 0 Å². The van der Waals surface area contributed by atoms with Crippen LogP contribution in [0.4, 0.5) is 0 Å². The predicted octanol–water partition coefficient (Wildman–Crippen LogP) is 3.59. The summed E-state index contributed by atoms with van der Waals surface area (Å²) in [7, 11) is 0. The van der Waals surface area contributed by atoms with Gasteiger partial charge in [-0.15, -0.1) is 16.8 Å². The summed E-state index contributed by atoms with van der Waals surface area (Å²) < 4.78 is 2.26. The summed E-state index contributed by atoms with van der Waals surface area (Å²) >= 11 is 1.70. The lowest BCUT2D eigenvalue weighted by Crippen LogP contribution is -2.30. The highest BCUT2D eigenvalue weighted by atomic mass is 32.2. The van der Waals surface area contributed by atoms with Crippen LogP contribution in [0.15, 0.2) is 48.1 Å². The van der Waals surface area contributed by atoms with Gasteiger partial charge >= 0.3 is 0 Å². The molecule has 23 heavy (non-hydrogen) atoms. The Kier molecular flexibility index (Phi) is 5.88. The maximum atomic E-state index is 4.48. The molecule has 2 heterocycles. The SMILES string of the molecule is C=CCSc1nnc(CN2CCCCC2)n1Cc1ccccc1. The molecule has 0 radical (unpaired) electrons. The predicted molar refractivity (Wildman–Crippen MR) is 95.6 cm³/mol.